The number of hydrogen-bond acceptors (Lipinski definition) is 6. The summed E-state index contributed by atoms with van der Waals surface area (Å²) in [6.45, 7) is 0.512. The first kappa shape index (κ1) is 21.5. The molecule has 1 aromatic carbocycles. The summed E-state index contributed by atoms with van der Waals surface area (Å²) in [7, 11) is 0. The molecular formula is C22H15BrN2O4S2. The molecule has 1 N–H and O–H groups in total. The van der Waals surface area contributed by atoms with E-state index in [4.69, 9.17) is 16.6 Å². The number of carbonyl (C=O) groups excluding carboxylic acids is 1. The molecule has 0 spiro atoms. The lowest BCUT2D eigenvalue weighted by molar-refractivity contribution is -0.122. The Hall–Kier alpha value is -2.75. The van der Waals surface area contributed by atoms with Gasteiger partial charge in [0.15, 0.2) is 0 Å². The summed E-state index contributed by atoms with van der Waals surface area (Å²) < 4.78 is 6.56. The van der Waals surface area contributed by atoms with Crippen molar-refractivity contribution in [2.45, 2.75) is 6.42 Å². The molecule has 156 valence electrons. The number of pyridine rings is 1. The third-order valence-electron chi connectivity index (χ3n) is 4.59. The minimum absolute atomic E-state index is 0.0368. The van der Waals surface area contributed by atoms with Crippen LogP contribution in [-0.2, 0) is 11.2 Å². The van der Waals surface area contributed by atoms with Crippen LogP contribution in [0.15, 0.2) is 68.7 Å². The lowest BCUT2D eigenvalue weighted by Crippen LogP contribution is -2.30. The SMILES string of the molecule is O=C(O)c1cc(-c2ccc(/C=C3\SC(=S)N(CCc4ccccc4)C3=O)o2)cnc1Br. The molecule has 6 nitrogen and oxygen atoms in total. The summed E-state index contributed by atoms with van der Waals surface area (Å²) in [5.41, 5.74) is 1.70. The van der Waals surface area contributed by atoms with Gasteiger partial charge in [-0.1, -0.05) is 54.3 Å². The molecule has 4 rings (SSSR count). The highest BCUT2D eigenvalue weighted by Gasteiger charge is 2.32. The van der Waals surface area contributed by atoms with Gasteiger partial charge in [-0.2, -0.15) is 0 Å². The number of nitrogens with zero attached hydrogens (tertiary/aromatic N) is 2. The second kappa shape index (κ2) is 9.17. The van der Waals surface area contributed by atoms with Crippen LogP contribution in [0, 0.1) is 0 Å². The lowest BCUT2D eigenvalue weighted by atomic mass is 10.1. The van der Waals surface area contributed by atoms with Gasteiger partial charge >= 0.3 is 5.97 Å². The first-order valence-corrected chi connectivity index (χ1v) is 11.2. The highest BCUT2D eigenvalue weighted by atomic mass is 79.9. The second-order valence-corrected chi connectivity index (χ2v) is 9.07. The van der Waals surface area contributed by atoms with Crippen molar-refractivity contribution >= 4 is 62.2 Å². The van der Waals surface area contributed by atoms with E-state index < -0.39 is 5.97 Å². The number of halogens is 1. The molecule has 9 heteroatoms. The summed E-state index contributed by atoms with van der Waals surface area (Å²) in [6.07, 6.45) is 3.88. The number of amides is 1. The van der Waals surface area contributed by atoms with Gasteiger partial charge in [0, 0.05) is 24.4 Å². The van der Waals surface area contributed by atoms with Gasteiger partial charge < -0.3 is 9.52 Å². The van der Waals surface area contributed by atoms with E-state index in [1.807, 2.05) is 30.3 Å². The van der Waals surface area contributed by atoms with E-state index in [0.717, 1.165) is 5.56 Å². The molecule has 0 atom stereocenters. The monoisotopic (exact) mass is 514 g/mol. The zero-order valence-electron chi connectivity index (χ0n) is 15.9. The maximum Gasteiger partial charge on any atom is 0.338 e. The smallest absolute Gasteiger partial charge is 0.338 e. The quantitative estimate of drug-likeness (QED) is 0.273. The number of aromatic carboxylic acids is 1. The summed E-state index contributed by atoms with van der Waals surface area (Å²) in [6, 6.07) is 14.8. The highest BCUT2D eigenvalue weighted by molar-refractivity contribution is 9.10. The Kier molecular flexibility index (Phi) is 6.35. The Morgan fingerprint density at radius 1 is 1.26 bits per heavy atom. The van der Waals surface area contributed by atoms with Crippen molar-refractivity contribution in [1.82, 2.24) is 9.88 Å². The maximum atomic E-state index is 12.8. The summed E-state index contributed by atoms with van der Waals surface area (Å²) in [5, 5.41) is 9.26. The third kappa shape index (κ3) is 4.79. The van der Waals surface area contributed by atoms with Gasteiger partial charge in [-0.25, -0.2) is 9.78 Å². The Labute approximate surface area is 196 Å². The van der Waals surface area contributed by atoms with Gasteiger partial charge in [-0.15, -0.1) is 0 Å². The number of furan rings is 1. The number of carboxylic acids is 1. The number of thioether (sulfide) groups is 1. The molecule has 31 heavy (non-hydrogen) atoms. The lowest BCUT2D eigenvalue weighted by Gasteiger charge is -2.14. The van der Waals surface area contributed by atoms with Crippen molar-refractivity contribution in [2.75, 3.05) is 6.54 Å². The zero-order chi connectivity index (χ0) is 22.0. The minimum Gasteiger partial charge on any atom is -0.478 e. The van der Waals surface area contributed by atoms with Crippen LogP contribution in [0.3, 0.4) is 0 Å². The maximum absolute atomic E-state index is 12.8. The fourth-order valence-electron chi connectivity index (χ4n) is 3.03. The average Bonchev–Trinajstić information content (AvgIpc) is 3.32. The molecule has 1 aliphatic heterocycles. The molecule has 0 radical (unpaired) electrons. The second-order valence-electron chi connectivity index (χ2n) is 6.64. The number of benzene rings is 1. The third-order valence-corrected chi connectivity index (χ3v) is 6.60. The summed E-state index contributed by atoms with van der Waals surface area (Å²) in [4.78, 5) is 30.2. The fraction of sp³-hybridized carbons (Fsp3) is 0.0909. The standard InChI is InChI=1S/C22H15BrN2O4S2/c23-19-16(21(27)28)10-14(12-24-19)17-7-6-15(29-17)11-18-20(26)25(22(30)31-18)9-8-13-4-2-1-3-5-13/h1-7,10-12H,8-9H2,(H,27,28)/b18-11-. The summed E-state index contributed by atoms with van der Waals surface area (Å²) >= 11 is 9.75. The molecule has 0 aliphatic carbocycles. The summed E-state index contributed by atoms with van der Waals surface area (Å²) in [5.74, 6) is -0.318. The van der Waals surface area contributed by atoms with Gasteiger partial charge in [-0.05, 0) is 46.1 Å². The molecule has 1 aliphatic rings. The van der Waals surface area contributed by atoms with Crippen molar-refractivity contribution in [1.29, 1.82) is 0 Å². The van der Waals surface area contributed by atoms with E-state index >= 15 is 0 Å². The van der Waals surface area contributed by atoms with Crippen LogP contribution in [0.5, 0.6) is 0 Å². The van der Waals surface area contributed by atoms with E-state index in [1.54, 1.807) is 23.1 Å². The first-order valence-electron chi connectivity index (χ1n) is 9.21. The number of thiocarbonyl (C=S) groups is 1. The van der Waals surface area contributed by atoms with Gasteiger partial charge in [0.1, 0.15) is 20.4 Å². The zero-order valence-corrected chi connectivity index (χ0v) is 19.2. The van der Waals surface area contributed by atoms with E-state index in [1.165, 1.54) is 24.0 Å². The molecule has 1 amide bonds. The number of aromatic nitrogens is 1. The average molecular weight is 515 g/mol. The van der Waals surface area contributed by atoms with Crippen molar-refractivity contribution in [3.05, 3.63) is 81.1 Å². The number of rotatable bonds is 6. The van der Waals surface area contributed by atoms with Crippen molar-refractivity contribution in [3.8, 4) is 11.3 Å². The Balaban J connectivity index is 1.50. The normalized spacial score (nSPS) is 15.1. The van der Waals surface area contributed by atoms with Gasteiger partial charge in [-0.3, -0.25) is 9.69 Å². The molecule has 0 unspecified atom stereocenters. The number of carboxylic acid groups (broad SMARTS) is 1. The minimum atomic E-state index is -1.09. The molecule has 2 aromatic heterocycles. The van der Waals surface area contributed by atoms with Crippen LogP contribution in [-0.4, -0.2) is 37.7 Å². The molecule has 3 heterocycles. The molecular weight excluding hydrogens is 500 g/mol. The Bertz CT molecular complexity index is 1210. The van der Waals surface area contributed by atoms with Crippen LogP contribution in [0.1, 0.15) is 21.7 Å². The largest absolute Gasteiger partial charge is 0.478 e. The van der Waals surface area contributed by atoms with Crippen molar-refractivity contribution in [2.24, 2.45) is 0 Å². The van der Waals surface area contributed by atoms with Gasteiger partial charge in [0.2, 0.25) is 0 Å². The highest BCUT2D eigenvalue weighted by Crippen LogP contribution is 2.34. The molecule has 0 saturated carbocycles. The van der Waals surface area contributed by atoms with Gasteiger partial charge in [0.05, 0.1) is 10.5 Å². The van der Waals surface area contributed by atoms with E-state index in [0.29, 0.717) is 39.3 Å². The predicted octanol–water partition coefficient (Wildman–Crippen LogP) is 5.25. The Morgan fingerprint density at radius 2 is 2.03 bits per heavy atom. The predicted molar refractivity (Wildman–Crippen MR) is 127 cm³/mol. The topological polar surface area (TPSA) is 83.6 Å². The fourth-order valence-corrected chi connectivity index (χ4v) is 4.70. The van der Waals surface area contributed by atoms with Crippen molar-refractivity contribution in [3.63, 3.8) is 0 Å². The Morgan fingerprint density at radius 3 is 2.77 bits per heavy atom. The van der Waals surface area contributed by atoms with Crippen molar-refractivity contribution < 1.29 is 19.1 Å². The van der Waals surface area contributed by atoms with Gasteiger partial charge in [0.25, 0.3) is 5.91 Å². The molecule has 3 aromatic rings. The van der Waals surface area contributed by atoms with E-state index in [-0.39, 0.29) is 16.1 Å². The van der Waals surface area contributed by atoms with Crippen LogP contribution >= 0.6 is 39.9 Å². The van der Waals surface area contributed by atoms with Crippen LogP contribution in [0.25, 0.3) is 17.4 Å². The van der Waals surface area contributed by atoms with E-state index in [2.05, 4.69) is 20.9 Å². The molecule has 1 saturated heterocycles. The van der Waals surface area contributed by atoms with E-state index in [9.17, 15) is 14.7 Å². The molecule has 0 bridgehead atoms. The number of hydrogen-bond donors (Lipinski definition) is 1. The number of carbonyl (C=O) groups is 2. The molecule has 1 fully saturated rings. The first-order chi connectivity index (χ1) is 14.9. The van der Waals surface area contributed by atoms with Crippen LogP contribution < -0.4 is 0 Å². The van der Waals surface area contributed by atoms with Crippen LogP contribution in [0.2, 0.25) is 0 Å². The van der Waals surface area contributed by atoms with Crippen LogP contribution in [0.4, 0.5) is 0 Å².